The van der Waals surface area contributed by atoms with Crippen molar-refractivity contribution in [1.29, 1.82) is 0 Å². The van der Waals surface area contributed by atoms with Crippen LogP contribution in [0.25, 0.3) is 10.6 Å². The molecule has 0 aliphatic carbocycles. The van der Waals surface area contributed by atoms with E-state index in [0.717, 1.165) is 5.56 Å². The van der Waals surface area contributed by atoms with Crippen LogP contribution in [0.1, 0.15) is 22.5 Å². The molecule has 0 radical (unpaired) electrons. The Hall–Kier alpha value is -1.64. The molecule has 146 valence electrons. The van der Waals surface area contributed by atoms with Gasteiger partial charge in [0.15, 0.2) is 0 Å². The van der Waals surface area contributed by atoms with Crippen molar-refractivity contribution in [1.82, 2.24) is 9.88 Å². The van der Waals surface area contributed by atoms with Crippen LogP contribution in [0.3, 0.4) is 0 Å². The van der Waals surface area contributed by atoms with E-state index in [1.54, 1.807) is 6.07 Å². The number of hydrogen-bond acceptors (Lipinski definition) is 5. The summed E-state index contributed by atoms with van der Waals surface area (Å²) < 4.78 is 42.6. The molecule has 1 aromatic carbocycles. The molecule has 1 aromatic heterocycles. The van der Waals surface area contributed by atoms with Gasteiger partial charge in [-0.2, -0.15) is 13.2 Å². The molecule has 1 saturated heterocycles. The first-order chi connectivity index (χ1) is 12.8. The first-order valence-electron chi connectivity index (χ1n) is 8.49. The molecular formula is C18H18ClF3N2O2S. The predicted molar refractivity (Wildman–Crippen MR) is 98.1 cm³/mol. The largest absolute Gasteiger partial charge is 0.461 e. The number of rotatable bonds is 5. The highest BCUT2D eigenvalue weighted by atomic mass is 35.5. The molecule has 2 heterocycles. The molecule has 0 bridgehead atoms. The summed E-state index contributed by atoms with van der Waals surface area (Å²) in [6, 6.07) is 7.23. The summed E-state index contributed by atoms with van der Waals surface area (Å²) in [5.41, 5.74) is 0.750. The molecule has 1 aliphatic rings. The van der Waals surface area contributed by atoms with Crippen molar-refractivity contribution < 1.29 is 22.7 Å². The zero-order valence-electron chi connectivity index (χ0n) is 14.3. The SMILES string of the molecule is O=C(OCC1CCN(CC(F)(F)F)CC1)c1cnc(-c2ccccc2Cl)s1. The number of hydrogen-bond donors (Lipinski definition) is 0. The summed E-state index contributed by atoms with van der Waals surface area (Å²) in [7, 11) is 0. The molecule has 2 aromatic rings. The number of carbonyl (C=O) groups is 1. The van der Waals surface area contributed by atoms with Gasteiger partial charge in [-0.05, 0) is 37.9 Å². The van der Waals surface area contributed by atoms with Crippen LogP contribution in [0.4, 0.5) is 13.2 Å². The van der Waals surface area contributed by atoms with E-state index < -0.39 is 18.7 Å². The molecular weight excluding hydrogens is 401 g/mol. The van der Waals surface area contributed by atoms with Gasteiger partial charge in [-0.15, -0.1) is 11.3 Å². The summed E-state index contributed by atoms with van der Waals surface area (Å²) in [6.07, 6.45) is -1.56. The van der Waals surface area contributed by atoms with E-state index >= 15 is 0 Å². The number of alkyl halides is 3. The van der Waals surface area contributed by atoms with Gasteiger partial charge in [0.2, 0.25) is 0 Å². The molecule has 0 unspecified atom stereocenters. The number of likely N-dealkylation sites (tertiary alicyclic amines) is 1. The second kappa shape index (κ2) is 8.58. The van der Waals surface area contributed by atoms with Gasteiger partial charge in [0, 0.05) is 5.56 Å². The first-order valence-corrected chi connectivity index (χ1v) is 9.68. The fraction of sp³-hybridized carbons (Fsp3) is 0.444. The van der Waals surface area contributed by atoms with Gasteiger partial charge in [0.25, 0.3) is 0 Å². The lowest BCUT2D eigenvalue weighted by atomic mass is 9.98. The van der Waals surface area contributed by atoms with Crippen LogP contribution in [0, 0.1) is 5.92 Å². The normalized spacial score (nSPS) is 16.4. The van der Waals surface area contributed by atoms with Crippen molar-refractivity contribution in [2.45, 2.75) is 19.0 Å². The monoisotopic (exact) mass is 418 g/mol. The van der Waals surface area contributed by atoms with Gasteiger partial charge in [0.1, 0.15) is 9.88 Å². The Morgan fingerprint density at radius 3 is 2.67 bits per heavy atom. The van der Waals surface area contributed by atoms with Gasteiger partial charge in [0.05, 0.1) is 24.4 Å². The number of piperidine rings is 1. The highest BCUT2D eigenvalue weighted by Crippen LogP contribution is 2.31. The molecule has 1 aliphatic heterocycles. The molecule has 0 N–H and O–H groups in total. The number of benzene rings is 1. The molecule has 1 fully saturated rings. The Labute approximate surface area is 163 Å². The van der Waals surface area contributed by atoms with Crippen LogP contribution in [0.15, 0.2) is 30.5 Å². The zero-order chi connectivity index (χ0) is 19.4. The Bertz CT molecular complexity index is 789. The Morgan fingerprint density at radius 1 is 1.30 bits per heavy atom. The minimum atomic E-state index is -4.18. The number of carbonyl (C=O) groups excluding carboxylic acids is 1. The Morgan fingerprint density at radius 2 is 2.00 bits per heavy atom. The van der Waals surface area contributed by atoms with E-state index in [9.17, 15) is 18.0 Å². The average Bonchev–Trinajstić information content (AvgIpc) is 3.10. The van der Waals surface area contributed by atoms with Gasteiger partial charge in [-0.25, -0.2) is 9.78 Å². The van der Waals surface area contributed by atoms with Crippen molar-refractivity contribution in [3.63, 3.8) is 0 Å². The maximum atomic E-state index is 12.4. The zero-order valence-corrected chi connectivity index (χ0v) is 15.9. The van der Waals surface area contributed by atoms with Crippen LogP contribution in [0.2, 0.25) is 5.02 Å². The number of thiazole rings is 1. The number of aromatic nitrogens is 1. The van der Waals surface area contributed by atoms with Gasteiger partial charge in [-0.3, -0.25) is 4.90 Å². The van der Waals surface area contributed by atoms with Gasteiger partial charge < -0.3 is 4.74 Å². The lowest BCUT2D eigenvalue weighted by Gasteiger charge is -2.31. The van der Waals surface area contributed by atoms with Crippen LogP contribution >= 0.6 is 22.9 Å². The maximum Gasteiger partial charge on any atom is 0.401 e. The van der Waals surface area contributed by atoms with Crippen LogP contribution in [0.5, 0.6) is 0 Å². The second-order valence-corrected chi connectivity index (χ2v) is 7.88. The van der Waals surface area contributed by atoms with Crippen molar-refractivity contribution >= 4 is 28.9 Å². The highest BCUT2D eigenvalue weighted by Gasteiger charge is 2.32. The number of halogens is 4. The third-order valence-corrected chi connectivity index (χ3v) is 5.71. The number of nitrogens with zero attached hydrogens (tertiary/aromatic N) is 2. The Balaban J connectivity index is 1.49. The van der Waals surface area contributed by atoms with E-state index in [1.807, 2.05) is 18.2 Å². The minimum absolute atomic E-state index is 0.0781. The second-order valence-electron chi connectivity index (χ2n) is 6.44. The van der Waals surface area contributed by atoms with Crippen molar-refractivity contribution in [3.05, 3.63) is 40.4 Å². The molecule has 0 amide bonds. The molecule has 4 nitrogen and oxygen atoms in total. The van der Waals surface area contributed by atoms with Crippen LogP contribution < -0.4 is 0 Å². The third kappa shape index (κ3) is 5.67. The van der Waals surface area contributed by atoms with Crippen LogP contribution in [-0.2, 0) is 4.74 Å². The van der Waals surface area contributed by atoms with Gasteiger partial charge in [-0.1, -0.05) is 29.8 Å². The van der Waals surface area contributed by atoms with Crippen molar-refractivity contribution in [3.8, 4) is 10.6 Å². The fourth-order valence-electron chi connectivity index (χ4n) is 2.96. The lowest BCUT2D eigenvalue weighted by Crippen LogP contribution is -2.40. The number of esters is 1. The highest BCUT2D eigenvalue weighted by molar-refractivity contribution is 7.16. The first kappa shape index (κ1) is 20.1. The number of ether oxygens (including phenoxy) is 1. The van der Waals surface area contributed by atoms with E-state index in [1.165, 1.54) is 22.4 Å². The van der Waals surface area contributed by atoms with E-state index in [0.29, 0.717) is 40.8 Å². The van der Waals surface area contributed by atoms with E-state index in [-0.39, 0.29) is 12.5 Å². The molecule has 9 heteroatoms. The minimum Gasteiger partial charge on any atom is -0.461 e. The maximum absolute atomic E-state index is 12.4. The molecule has 3 rings (SSSR count). The fourth-order valence-corrected chi connectivity index (χ4v) is 4.09. The van der Waals surface area contributed by atoms with Crippen molar-refractivity contribution in [2.24, 2.45) is 5.92 Å². The lowest BCUT2D eigenvalue weighted by molar-refractivity contribution is -0.148. The predicted octanol–water partition coefficient (Wildman–Crippen LogP) is 4.89. The molecule has 0 spiro atoms. The third-order valence-electron chi connectivity index (χ3n) is 4.37. The quantitative estimate of drug-likeness (QED) is 0.648. The van der Waals surface area contributed by atoms with E-state index in [4.69, 9.17) is 16.3 Å². The van der Waals surface area contributed by atoms with E-state index in [2.05, 4.69) is 4.98 Å². The smallest absolute Gasteiger partial charge is 0.401 e. The molecule has 0 atom stereocenters. The summed E-state index contributed by atoms with van der Waals surface area (Å²) in [4.78, 5) is 18.2. The topological polar surface area (TPSA) is 42.4 Å². The average molecular weight is 419 g/mol. The summed E-state index contributed by atoms with van der Waals surface area (Å²) >= 11 is 7.34. The Kier molecular flexibility index (Phi) is 6.39. The standard InChI is InChI=1S/C18H18ClF3N2O2S/c19-14-4-2-1-3-13(14)16-23-9-15(27-16)17(25)26-10-12-5-7-24(8-6-12)11-18(20,21)22/h1-4,9,12H,5-8,10-11H2. The summed E-state index contributed by atoms with van der Waals surface area (Å²) in [5.74, 6) is -0.391. The van der Waals surface area contributed by atoms with Gasteiger partial charge >= 0.3 is 12.1 Å². The summed E-state index contributed by atoms with van der Waals surface area (Å²) in [6.45, 7) is 0.0427. The molecule has 0 saturated carbocycles. The van der Waals surface area contributed by atoms with Crippen molar-refractivity contribution in [2.75, 3.05) is 26.2 Å². The van der Waals surface area contributed by atoms with Crippen LogP contribution in [-0.4, -0.2) is 48.3 Å². The summed E-state index contributed by atoms with van der Waals surface area (Å²) in [5, 5.41) is 1.19. The molecule has 27 heavy (non-hydrogen) atoms.